The number of nitrogens with one attached hydrogen (secondary N) is 2. The van der Waals surface area contributed by atoms with Crippen LogP contribution in [0.5, 0.6) is 0 Å². The molecule has 0 spiro atoms. The second kappa shape index (κ2) is 10.5. The number of imidazole rings is 1. The van der Waals surface area contributed by atoms with Gasteiger partial charge in [0, 0.05) is 43.6 Å². The van der Waals surface area contributed by atoms with E-state index in [-0.39, 0.29) is 17.4 Å². The Morgan fingerprint density at radius 2 is 2.09 bits per heavy atom. The molecule has 0 saturated heterocycles. The first-order valence-electron chi connectivity index (χ1n) is 11.9. The maximum atomic E-state index is 12.7. The average Bonchev–Trinajstić information content (AvgIpc) is 3.56. The van der Waals surface area contributed by atoms with Crippen LogP contribution in [0, 0.1) is 0 Å². The van der Waals surface area contributed by atoms with Gasteiger partial charge in [0.15, 0.2) is 11.5 Å². The molecular formula is C27H29N7O. The van der Waals surface area contributed by atoms with Crippen LogP contribution in [-0.4, -0.2) is 32.0 Å². The molecule has 1 atom stereocenters. The van der Waals surface area contributed by atoms with Gasteiger partial charge < -0.3 is 20.9 Å². The molecule has 1 amide bonds. The third-order valence-electron chi connectivity index (χ3n) is 6.36. The lowest BCUT2D eigenvalue weighted by atomic mass is 10.1. The zero-order valence-electron chi connectivity index (χ0n) is 19.5. The van der Waals surface area contributed by atoms with E-state index in [0.29, 0.717) is 18.3 Å². The summed E-state index contributed by atoms with van der Waals surface area (Å²) in [6.07, 6.45) is 10.0. The van der Waals surface area contributed by atoms with Crippen LogP contribution in [0.4, 0.5) is 5.82 Å². The molecule has 35 heavy (non-hydrogen) atoms. The number of nitrogens with two attached hydrogens (primary N) is 1. The van der Waals surface area contributed by atoms with Crippen molar-refractivity contribution in [1.29, 1.82) is 0 Å². The zero-order chi connectivity index (χ0) is 24.0. The Hall–Kier alpha value is -4.04. The number of nitrogen functional groups attached to an aromatic ring is 1. The first-order chi connectivity index (χ1) is 17.2. The van der Waals surface area contributed by atoms with Gasteiger partial charge in [-0.25, -0.2) is 15.0 Å². The predicted molar refractivity (Wildman–Crippen MR) is 135 cm³/mol. The van der Waals surface area contributed by atoms with Gasteiger partial charge in [-0.15, -0.1) is 0 Å². The molecule has 4 aromatic rings. The highest BCUT2D eigenvalue weighted by Crippen LogP contribution is 2.31. The predicted octanol–water partition coefficient (Wildman–Crippen LogP) is 3.52. The van der Waals surface area contributed by atoms with Crippen molar-refractivity contribution in [2.75, 3.05) is 12.3 Å². The summed E-state index contributed by atoms with van der Waals surface area (Å²) in [5.41, 5.74) is 11.6. The highest BCUT2D eigenvalue weighted by molar-refractivity contribution is 5.96. The minimum atomic E-state index is -0.319. The van der Waals surface area contributed by atoms with Crippen molar-refractivity contribution >= 4 is 11.7 Å². The van der Waals surface area contributed by atoms with E-state index >= 15 is 0 Å². The molecule has 0 bridgehead atoms. The first-order valence-corrected chi connectivity index (χ1v) is 11.9. The van der Waals surface area contributed by atoms with Gasteiger partial charge in [-0.05, 0) is 42.0 Å². The zero-order valence-corrected chi connectivity index (χ0v) is 19.5. The van der Waals surface area contributed by atoms with Crippen LogP contribution in [0.2, 0.25) is 0 Å². The van der Waals surface area contributed by atoms with Crippen LogP contribution in [-0.2, 0) is 19.5 Å². The molecule has 1 aliphatic carbocycles. The summed E-state index contributed by atoms with van der Waals surface area (Å²) in [6.45, 7) is 2.03. The van der Waals surface area contributed by atoms with E-state index in [0.717, 1.165) is 43.5 Å². The molecule has 0 saturated carbocycles. The third-order valence-corrected chi connectivity index (χ3v) is 6.36. The summed E-state index contributed by atoms with van der Waals surface area (Å²) in [7, 11) is 0. The molecule has 2 heterocycles. The molecule has 8 heteroatoms. The summed E-state index contributed by atoms with van der Waals surface area (Å²) >= 11 is 0. The van der Waals surface area contributed by atoms with E-state index in [1.165, 1.54) is 11.1 Å². The van der Waals surface area contributed by atoms with Gasteiger partial charge in [0.05, 0.1) is 18.2 Å². The molecule has 0 unspecified atom stereocenters. The molecule has 4 N–H and O–H groups in total. The van der Waals surface area contributed by atoms with Crippen LogP contribution < -0.4 is 16.4 Å². The normalized spacial score (nSPS) is 14.6. The number of hydrogen-bond donors (Lipinski definition) is 3. The Labute approximate surface area is 204 Å². The van der Waals surface area contributed by atoms with Gasteiger partial charge in [-0.1, -0.05) is 42.5 Å². The summed E-state index contributed by atoms with van der Waals surface area (Å²) in [4.78, 5) is 25.5. The standard InChI is InChI=1S/C27H29N7O/c28-26-25(27(35)30-11-4-13-34-14-12-29-18-34)33-24(17-32-26)21-7-3-5-19(15-21)16-31-23-10-9-20-6-1-2-8-22(20)23/h1-3,5-8,12,14-15,17-18,23,31H,4,9-11,13,16H2,(H2,28,32)(H,30,35)/t23-/m0/s1. The van der Waals surface area contributed by atoms with Crippen molar-refractivity contribution < 1.29 is 4.79 Å². The molecule has 1 aliphatic rings. The number of fused-ring (bicyclic) bond motifs is 1. The highest BCUT2D eigenvalue weighted by atomic mass is 16.1. The van der Waals surface area contributed by atoms with Crippen LogP contribution in [0.1, 0.15) is 46.1 Å². The fraction of sp³-hybridized carbons (Fsp3) is 0.259. The Morgan fingerprint density at radius 1 is 1.17 bits per heavy atom. The summed E-state index contributed by atoms with van der Waals surface area (Å²) in [5.74, 6) is -0.196. The molecule has 0 fully saturated rings. The average molecular weight is 468 g/mol. The van der Waals surface area contributed by atoms with Crippen molar-refractivity contribution in [3.8, 4) is 11.3 Å². The first kappa shape index (κ1) is 22.7. The number of hydrogen-bond acceptors (Lipinski definition) is 6. The molecule has 0 aliphatic heterocycles. The van der Waals surface area contributed by atoms with Crippen molar-refractivity contribution in [2.45, 2.75) is 38.4 Å². The quantitative estimate of drug-likeness (QED) is 0.325. The number of carbonyl (C=O) groups excluding carboxylic acids is 1. The third kappa shape index (κ3) is 5.38. The number of aromatic nitrogens is 4. The maximum Gasteiger partial charge on any atom is 0.273 e. The monoisotopic (exact) mass is 467 g/mol. The smallest absolute Gasteiger partial charge is 0.273 e. The number of aryl methyl sites for hydroxylation is 2. The van der Waals surface area contributed by atoms with E-state index < -0.39 is 0 Å². The Kier molecular flexibility index (Phi) is 6.81. The number of rotatable bonds is 9. The lowest BCUT2D eigenvalue weighted by molar-refractivity contribution is 0.0948. The lowest BCUT2D eigenvalue weighted by Gasteiger charge is -2.15. The summed E-state index contributed by atoms with van der Waals surface area (Å²) in [6, 6.07) is 17.2. The largest absolute Gasteiger partial charge is 0.382 e. The van der Waals surface area contributed by atoms with E-state index in [1.54, 1.807) is 18.7 Å². The molecular weight excluding hydrogens is 438 g/mol. The topological polar surface area (TPSA) is 111 Å². The minimum Gasteiger partial charge on any atom is -0.382 e. The van der Waals surface area contributed by atoms with E-state index in [2.05, 4.69) is 62.0 Å². The fourth-order valence-electron chi connectivity index (χ4n) is 4.52. The van der Waals surface area contributed by atoms with Gasteiger partial charge in [0.1, 0.15) is 0 Å². The second-order valence-corrected chi connectivity index (χ2v) is 8.77. The van der Waals surface area contributed by atoms with Crippen molar-refractivity contribution in [2.24, 2.45) is 0 Å². The number of carbonyl (C=O) groups is 1. The van der Waals surface area contributed by atoms with E-state index in [9.17, 15) is 4.79 Å². The second-order valence-electron chi connectivity index (χ2n) is 8.77. The van der Waals surface area contributed by atoms with Crippen LogP contribution >= 0.6 is 0 Å². The summed E-state index contributed by atoms with van der Waals surface area (Å²) in [5, 5.41) is 6.57. The van der Waals surface area contributed by atoms with Gasteiger partial charge >= 0.3 is 0 Å². The van der Waals surface area contributed by atoms with Crippen LogP contribution in [0.15, 0.2) is 73.4 Å². The van der Waals surface area contributed by atoms with E-state index in [1.807, 2.05) is 22.9 Å². The molecule has 2 aromatic carbocycles. The lowest BCUT2D eigenvalue weighted by Crippen LogP contribution is -2.27. The highest BCUT2D eigenvalue weighted by Gasteiger charge is 2.21. The van der Waals surface area contributed by atoms with Gasteiger partial charge in [0.2, 0.25) is 0 Å². The molecule has 178 valence electrons. The van der Waals surface area contributed by atoms with Gasteiger partial charge in [0.25, 0.3) is 5.91 Å². The Bertz CT molecular complexity index is 1300. The fourth-order valence-corrected chi connectivity index (χ4v) is 4.52. The Balaban J connectivity index is 1.22. The number of amides is 1. The Morgan fingerprint density at radius 3 is 2.97 bits per heavy atom. The molecule has 5 rings (SSSR count). The van der Waals surface area contributed by atoms with Crippen LogP contribution in [0.25, 0.3) is 11.3 Å². The SMILES string of the molecule is Nc1ncc(-c2cccc(CN[C@H]3CCc4ccccc43)c2)nc1C(=O)NCCCn1ccnc1. The number of anilines is 1. The van der Waals surface area contributed by atoms with Crippen molar-refractivity contribution in [3.05, 3.63) is 95.8 Å². The minimum absolute atomic E-state index is 0.124. The molecule has 2 aromatic heterocycles. The number of nitrogens with zero attached hydrogens (tertiary/aromatic N) is 4. The maximum absolute atomic E-state index is 12.7. The number of benzene rings is 2. The van der Waals surface area contributed by atoms with Gasteiger partial charge in [-0.3, -0.25) is 4.79 Å². The van der Waals surface area contributed by atoms with E-state index in [4.69, 9.17) is 5.73 Å². The summed E-state index contributed by atoms with van der Waals surface area (Å²) < 4.78 is 1.97. The molecule has 8 nitrogen and oxygen atoms in total. The molecule has 0 radical (unpaired) electrons. The van der Waals surface area contributed by atoms with Gasteiger partial charge in [-0.2, -0.15) is 0 Å². The van der Waals surface area contributed by atoms with Crippen LogP contribution in [0.3, 0.4) is 0 Å². The van der Waals surface area contributed by atoms with Crippen molar-refractivity contribution in [1.82, 2.24) is 30.2 Å². The van der Waals surface area contributed by atoms with Crippen molar-refractivity contribution in [3.63, 3.8) is 0 Å².